The number of carbonyl (C=O) groups excluding carboxylic acids is 1. The van der Waals surface area contributed by atoms with Gasteiger partial charge in [0.2, 0.25) is 5.91 Å². The zero-order valence-electron chi connectivity index (χ0n) is 12.6. The van der Waals surface area contributed by atoms with Crippen LogP contribution in [0.5, 0.6) is 0 Å². The number of hydrogen-bond acceptors (Lipinski definition) is 3. The first-order valence-electron chi connectivity index (χ1n) is 6.64. The van der Waals surface area contributed by atoms with Gasteiger partial charge in [0.05, 0.1) is 6.54 Å². The molecule has 4 nitrogen and oxygen atoms in total. The molecule has 0 saturated heterocycles. The summed E-state index contributed by atoms with van der Waals surface area (Å²) in [5.41, 5.74) is 2.32. The molecular weight excluding hydrogens is 238 g/mol. The number of nitrogens with one attached hydrogen (secondary N) is 1. The van der Waals surface area contributed by atoms with E-state index < -0.39 is 0 Å². The molecule has 0 aromatic heterocycles. The minimum Gasteiger partial charge on any atom is -0.365 e. The van der Waals surface area contributed by atoms with E-state index in [9.17, 15) is 4.79 Å². The first-order valence-corrected chi connectivity index (χ1v) is 6.64. The molecule has 1 rings (SSSR count). The number of likely N-dealkylation sites (N-methyl/N-ethyl adjacent to an activating group) is 2. The Balaban J connectivity index is 2.78. The minimum atomic E-state index is 0.106. The largest absolute Gasteiger partial charge is 0.365 e. The van der Waals surface area contributed by atoms with Crippen molar-refractivity contribution in [2.24, 2.45) is 0 Å². The number of rotatable bonds is 6. The normalized spacial score (nSPS) is 10.6. The fourth-order valence-electron chi connectivity index (χ4n) is 1.78. The molecule has 0 fully saturated rings. The third-order valence-electron chi connectivity index (χ3n) is 2.97. The highest BCUT2D eigenvalue weighted by atomic mass is 16.2. The zero-order valence-corrected chi connectivity index (χ0v) is 12.6. The lowest BCUT2D eigenvalue weighted by Crippen LogP contribution is -2.35. The van der Waals surface area contributed by atoms with Crippen LogP contribution in [0.4, 0.5) is 5.69 Å². The van der Waals surface area contributed by atoms with Gasteiger partial charge in [0.15, 0.2) is 0 Å². The molecule has 1 aromatic carbocycles. The molecule has 0 aliphatic rings. The van der Waals surface area contributed by atoms with Crippen molar-refractivity contribution in [3.63, 3.8) is 0 Å². The molecule has 0 radical (unpaired) electrons. The van der Waals surface area contributed by atoms with E-state index in [1.807, 2.05) is 24.1 Å². The van der Waals surface area contributed by atoms with Crippen molar-refractivity contribution in [2.75, 3.05) is 32.6 Å². The lowest BCUT2D eigenvalue weighted by Gasteiger charge is -2.24. The first-order chi connectivity index (χ1) is 8.91. The molecular formula is C15H25N3O. The second-order valence-corrected chi connectivity index (χ2v) is 5.31. The van der Waals surface area contributed by atoms with Gasteiger partial charge in [-0.1, -0.05) is 32.0 Å². The third kappa shape index (κ3) is 4.91. The van der Waals surface area contributed by atoms with E-state index in [0.717, 1.165) is 12.2 Å². The van der Waals surface area contributed by atoms with E-state index in [1.165, 1.54) is 5.56 Å². The summed E-state index contributed by atoms with van der Waals surface area (Å²) in [6.45, 7) is 5.46. The standard InChI is InChI=1S/C15H25N3O/c1-12(2)16-10-13-8-6-7-9-14(13)18(5)11-15(19)17(3)4/h6-9,12,16H,10-11H2,1-5H3. The van der Waals surface area contributed by atoms with Gasteiger partial charge in [0, 0.05) is 39.4 Å². The summed E-state index contributed by atoms with van der Waals surface area (Å²) in [5.74, 6) is 0.106. The molecule has 1 amide bonds. The van der Waals surface area contributed by atoms with Crippen LogP contribution in [-0.4, -0.2) is 44.5 Å². The van der Waals surface area contributed by atoms with Gasteiger partial charge < -0.3 is 15.1 Å². The third-order valence-corrected chi connectivity index (χ3v) is 2.97. The fraction of sp³-hybridized carbons (Fsp3) is 0.533. The Bertz CT molecular complexity index is 416. The summed E-state index contributed by atoms with van der Waals surface area (Å²) in [5, 5.41) is 3.41. The number of para-hydroxylation sites is 1. The Hall–Kier alpha value is -1.55. The van der Waals surface area contributed by atoms with Gasteiger partial charge in [0.1, 0.15) is 0 Å². The number of anilines is 1. The number of nitrogens with zero attached hydrogens (tertiary/aromatic N) is 2. The maximum atomic E-state index is 11.8. The summed E-state index contributed by atoms with van der Waals surface area (Å²) in [6.07, 6.45) is 0. The lowest BCUT2D eigenvalue weighted by molar-refractivity contribution is -0.127. The summed E-state index contributed by atoms with van der Waals surface area (Å²) < 4.78 is 0. The summed E-state index contributed by atoms with van der Waals surface area (Å²) in [4.78, 5) is 15.4. The predicted octanol–water partition coefficient (Wildman–Crippen LogP) is 1.71. The average Bonchev–Trinajstić information content (AvgIpc) is 2.36. The molecule has 0 saturated carbocycles. The van der Waals surface area contributed by atoms with E-state index in [2.05, 4.69) is 31.3 Å². The number of hydrogen-bond donors (Lipinski definition) is 1. The van der Waals surface area contributed by atoms with Crippen molar-refractivity contribution in [1.29, 1.82) is 0 Å². The van der Waals surface area contributed by atoms with Crippen molar-refractivity contribution in [3.05, 3.63) is 29.8 Å². The average molecular weight is 263 g/mol. The van der Waals surface area contributed by atoms with Crippen LogP contribution in [0.15, 0.2) is 24.3 Å². The minimum absolute atomic E-state index is 0.106. The topological polar surface area (TPSA) is 35.6 Å². The zero-order chi connectivity index (χ0) is 14.4. The molecule has 4 heteroatoms. The molecule has 1 aromatic rings. The van der Waals surface area contributed by atoms with Gasteiger partial charge in [-0.15, -0.1) is 0 Å². The number of carbonyl (C=O) groups is 1. The van der Waals surface area contributed by atoms with Crippen LogP contribution in [0.25, 0.3) is 0 Å². The van der Waals surface area contributed by atoms with Crippen LogP contribution in [0, 0.1) is 0 Å². The molecule has 0 bridgehead atoms. The van der Waals surface area contributed by atoms with Crippen LogP contribution < -0.4 is 10.2 Å². The van der Waals surface area contributed by atoms with Gasteiger partial charge in [0.25, 0.3) is 0 Å². The van der Waals surface area contributed by atoms with E-state index in [0.29, 0.717) is 12.6 Å². The number of amides is 1. The van der Waals surface area contributed by atoms with Crippen LogP contribution in [0.1, 0.15) is 19.4 Å². The van der Waals surface area contributed by atoms with E-state index in [1.54, 1.807) is 19.0 Å². The fourth-order valence-corrected chi connectivity index (χ4v) is 1.78. The van der Waals surface area contributed by atoms with Gasteiger partial charge in [-0.2, -0.15) is 0 Å². The van der Waals surface area contributed by atoms with Crippen LogP contribution in [0.3, 0.4) is 0 Å². The summed E-state index contributed by atoms with van der Waals surface area (Å²) >= 11 is 0. The monoisotopic (exact) mass is 263 g/mol. The first kappa shape index (κ1) is 15.5. The number of benzene rings is 1. The Labute approximate surface area is 116 Å². The molecule has 0 unspecified atom stereocenters. The van der Waals surface area contributed by atoms with Gasteiger partial charge in [-0.3, -0.25) is 4.79 Å². The Morgan fingerprint density at radius 1 is 1.21 bits per heavy atom. The van der Waals surface area contributed by atoms with Crippen LogP contribution in [-0.2, 0) is 11.3 Å². The van der Waals surface area contributed by atoms with Crippen LogP contribution >= 0.6 is 0 Å². The van der Waals surface area contributed by atoms with Gasteiger partial charge in [-0.25, -0.2) is 0 Å². The molecule has 106 valence electrons. The molecule has 19 heavy (non-hydrogen) atoms. The summed E-state index contributed by atoms with van der Waals surface area (Å²) in [6, 6.07) is 8.64. The highest BCUT2D eigenvalue weighted by Crippen LogP contribution is 2.19. The second-order valence-electron chi connectivity index (χ2n) is 5.31. The molecule has 0 heterocycles. The van der Waals surface area contributed by atoms with E-state index >= 15 is 0 Å². The Kier molecular flexibility index (Phi) is 5.83. The maximum absolute atomic E-state index is 11.8. The van der Waals surface area contributed by atoms with Crippen LogP contribution in [0.2, 0.25) is 0 Å². The van der Waals surface area contributed by atoms with Gasteiger partial charge in [-0.05, 0) is 11.6 Å². The van der Waals surface area contributed by atoms with Crippen molar-refractivity contribution in [2.45, 2.75) is 26.4 Å². The predicted molar refractivity (Wildman–Crippen MR) is 80.4 cm³/mol. The molecule has 0 atom stereocenters. The lowest BCUT2D eigenvalue weighted by atomic mass is 10.1. The van der Waals surface area contributed by atoms with E-state index in [4.69, 9.17) is 0 Å². The maximum Gasteiger partial charge on any atom is 0.241 e. The Morgan fingerprint density at radius 2 is 1.84 bits per heavy atom. The molecule has 1 N–H and O–H groups in total. The quantitative estimate of drug-likeness (QED) is 0.848. The Morgan fingerprint density at radius 3 is 2.42 bits per heavy atom. The SMILES string of the molecule is CC(C)NCc1ccccc1N(C)CC(=O)N(C)C. The van der Waals surface area contributed by atoms with Crippen molar-refractivity contribution >= 4 is 11.6 Å². The summed E-state index contributed by atoms with van der Waals surface area (Å²) in [7, 11) is 5.51. The van der Waals surface area contributed by atoms with Crippen molar-refractivity contribution in [3.8, 4) is 0 Å². The van der Waals surface area contributed by atoms with Crippen molar-refractivity contribution < 1.29 is 4.79 Å². The highest BCUT2D eigenvalue weighted by Gasteiger charge is 2.12. The molecule has 0 spiro atoms. The molecule has 0 aliphatic heterocycles. The smallest absolute Gasteiger partial charge is 0.241 e. The molecule has 0 aliphatic carbocycles. The highest BCUT2D eigenvalue weighted by molar-refractivity contribution is 5.81. The van der Waals surface area contributed by atoms with Crippen molar-refractivity contribution in [1.82, 2.24) is 10.2 Å². The van der Waals surface area contributed by atoms with E-state index in [-0.39, 0.29) is 5.91 Å². The second kappa shape index (κ2) is 7.14. The van der Waals surface area contributed by atoms with Gasteiger partial charge >= 0.3 is 0 Å².